The molecule has 0 spiro atoms. The lowest BCUT2D eigenvalue weighted by atomic mass is 10.1. The van der Waals surface area contributed by atoms with Gasteiger partial charge in [0.1, 0.15) is 0 Å². The zero-order valence-electron chi connectivity index (χ0n) is 8.07. The topological polar surface area (TPSA) is 9.23 Å². The quantitative estimate of drug-likeness (QED) is 0.627. The third kappa shape index (κ3) is 3.43. The molecule has 0 amide bonds. The molecule has 13 heavy (non-hydrogen) atoms. The van der Waals surface area contributed by atoms with E-state index in [0.717, 1.165) is 12.8 Å². The highest BCUT2D eigenvalue weighted by molar-refractivity contribution is 5.14. The average Bonchev–Trinajstić information content (AvgIpc) is 2.21. The molecule has 1 rings (SSSR count). The van der Waals surface area contributed by atoms with Crippen LogP contribution in [0.5, 0.6) is 0 Å². The summed E-state index contributed by atoms with van der Waals surface area (Å²) in [6.45, 7) is 3.72. The molecule has 0 heterocycles. The molecule has 0 aliphatic heterocycles. The van der Waals surface area contributed by atoms with Crippen molar-refractivity contribution >= 4 is 0 Å². The summed E-state index contributed by atoms with van der Waals surface area (Å²) in [5.74, 6) is 0. The summed E-state index contributed by atoms with van der Waals surface area (Å²) in [7, 11) is 1.72. The Hall–Kier alpha value is -1.08. The summed E-state index contributed by atoms with van der Waals surface area (Å²) < 4.78 is 5.20. The van der Waals surface area contributed by atoms with Crippen molar-refractivity contribution in [2.75, 3.05) is 7.11 Å². The zero-order valence-corrected chi connectivity index (χ0v) is 8.07. The molecular weight excluding hydrogens is 160 g/mol. The molecule has 0 saturated carbocycles. The normalized spacial score (nSPS) is 12.4. The monoisotopic (exact) mass is 176 g/mol. The van der Waals surface area contributed by atoms with Crippen LogP contribution in [0.4, 0.5) is 0 Å². The molecule has 1 atom stereocenters. The van der Waals surface area contributed by atoms with E-state index in [0.29, 0.717) is 0 Å². The summed E-state index contributed by atoms with van der Waals surface area (Å²) >= 11 is 0. The molecule has 0 N–H and O–H groups in total. The predicted molar refractivity (Wildman–Crippen MR) is 55.8 cm³/mol. The second kappa shape index (κ2) is 5.55. The molecule has 0 aromatic heterocycles. The van der Waals surface area contributed by atoms with E-state index in [1.54, 1.807) is 7.11 Å². The highest BCUT2D eigenvalue weighted by Gasteiger charge is 2.01. The summed E-state index contributed by atoms with van der Waals surface area (Å²) in [5.41, 5.74) is 1.35. The van der Waals surface area contributed by atoms with Gasteiger partial charge in [0.25, 0.3) is 0 Å². The first kappa shape index (κ1) is 10.0. The Balaban J connectivity index is 2.38. The van der Waals surface area contributed by atoms with Gasteiger partial charge in [0.15, 0.2) is 0 Å². The van der Waals surface area contributed by atoms with Gasteiger partial charge in [-0.15, -0.1) is 6.58 Å². The Bertz CT molecular complexity index is 241. The minimum absolute atomic E-state index is 0.181. The first-order valence-electron chi connectivity index (χ1n) is 4.56. The molecule has 0 fully saturated rings. The van der Waals surface area contributed by atoms with Gasteiger partial charge in [-0.05, 0) is 18.4 Å². The predicted octanol–water partition coefficient (Wildman–Crippen LogP) is 2.82. The van der Waals surface area contributed by atoms with Crippen LogP contribution >= 0.6 is 0 Å². The summed E-state index contributed by atoms with van der Waals surface area (Å²) in [6.07, 6.45) is 4.08. The number of hydrogen-bond acceptors (Lipinski definition) is 1. The largest absolute Gasteiger partial charge is 0.377 e. The van der Waals surface area contributed by atoms with Crippen LogP contribution in [-0.4, -0.2) is 13.2 Å². The van der Waals surface area contributed by atoms with E-state index in [-0.39, 0.29) is 6.10 Å². The van der Waals surface area contributed by atoms with Crippen molar-refractivity contribution in [2.24, 2.45) is 0 Å². The number of benzene rings is 1. The lowest BCUT2D eigenvalue weighted by Gasteiger charge is -2.09. The SMILES string of the molecule is C=CC(CCc1ccccc1)OC. The van der Waals surface area contributed by atoms with Gasteiger partial charge in [0.2, 0.25) is 0 Å². The molecule has 1 aromatic carbocycles. The number of aryl methyl sites for hydroxylation is 1. The van der Waals surface area contributed by atoms with Gasteiger partial charge in [0, 0.05) is 7.11 Å². The average molecular weight is 176 g/mol. The second-order valence-electron chi connectivity index (χ2n) is 3.03. The molecule has 0 aliphatic rings. The van der Waals surface area contributed by atoms with E-state index in [2.05, 4.69) is 30.8 Å². The van der Waals surface area contributed by atoms with Crippen molar-refractivity contribution < 1.29 is 4.74 Å². The maximum atomic E-state index is 5.20. The minimum atomic E-state index is 0.181. The van der Waals surface area contributed by atoms with E-state index in [1.807, 2.05) is 12.1 Å². The number of hydrogen-bond donors (Lipinski definition) is 0. The number of ether oxygens (including phenoxy) is 1. The molecule has 0 radical (unpaired) electrons. The van der Waals surface area contributed by atoms with Gasteiger partial charge in [0.05, 0.1) is 6.10 Å². The summed E-state index contributed by atoms with van der Waals surface area (Å²) in [5, 5.41) is 0. The van der Waals surface area contributed by atoms with Gasteiger partial charge in [-0.3, -0.25) is 0 Å². The van der Waals surface area contributed by atoms with Crippen LogP contribution in [0, 0.1) is 0 Å². The molecule has 1 unspecified atom stereocenters. The van der Waals surface area contributed by atoms with Crippen molar-refractivity contribution in [3.63, 3.8) is 0 Å². The van der Waals surface area contributed by atoms with Gasteiger partial charge in [-0.25, -0.2) is 0 Å². The maximum Gasteiger partial charge on any atom is 0.0752 e. The number of methoxy groups -OCH3 is 1. The van der Waals surface area contributed by atoms with Crippen LogP contribution in [0.1, 0.15) is 12.0 Å². The van der Waals surface area contributed by atoms with Crippen LogP contribution in [0.25, 0.3) is 0 Å². The van der Waals surface area contributed by atoms with Crippen molar-refractivity contribution in [2.45, 2.75) is 18.9 Å². The fourth-order valence-corrected chi connectivity index (χ4v) is 1.29. The molecule has 0 saturated heterocycles. The fraction of sp³-hybridized carbons (Fsp3) is 0.333. The van der Waals surface area contributed by atoms with E-state index in [1.165, 1.54) is 5.56 Å². The Kier molecular flexibility index (Phi) is 4.27. The summed E-state index contributed by atoms with van der Waals surface area (Å²) in [6, 6.07) is 10.4. The highest BCUT2D eigenvalue weighted by Crippen LogP contribution is 2.07. The van der Waals surface area contributed by atoms with Crippen LogP contribution in [-0.2, 0) is 11.2 Å². The van der Waals surface area contributed by atoms with Gasteiger partial charge in [-0.1, -0.05) is 36.4 Å². The Morgan fingerprint density at radius 2 is 2.08 bits per heavy atom. The standard InChI is InChI=1S/C12H16O/c1-3-12(13-2)10-9-11-7-5-4-6-8-11/h3-8,12H,1,9-10H2,2H3. The summed E-state index contributed by atoms with van der Waals surface area (Å²) in [4.78, 5) is 0. The van der Waals surface area contributed by atoms with E-state index in [4.69, 9.17) is 4.74 Å². The Labute approximate surface area is 80.0 Å². The highest BCUT2D eigenvalue weighted by atomic mass is 16.5. The van der Waals surface area contributed by atoms with Crippen LogP contribution in [0.15, 0.2) is 43.0 Å². The van der Waals surface area contributed by atoms with E-state index in [9.17, 15) is 0 Å². The molecule has 0 bridgehead atoms. The van der Waals surface area contributed by atoms with Crippen LogP contribution in [0.2, 0.25) is 0 Å². The second-order valence-corrected chi connectivity index (χ2v) is 3.03. The zero-order chi connectivity index (χ0) is 9.52. The maximum absolute atomic E-state index is 5.20. The Morgan fingerprint density at radius 1 is 1.38 bits per heavy atom. The van der Waals surface area contributed by atoms with Crippen molar-refractivity contribution in [1.82, 2.24) is 0 Å². The lowest BCUT2D eigenvalue weighted by molar-refractivity contribution is 0.134. The molecular formula is C12H16O. The smallest absolute Gasteiger partial charge is 0.0752 e. The number of rotatable bonds is 5. The van der Waals surface area contributed by atoms with Crippen molar-refractivity contribution in [3.05, 3.63) is 48.6 Å². The molecule has 1 nitrogen and oxygen atoms in total. The van der Waals surface area contributed by atoms with Gasteiger partial charge in [-0.2, -0.15) is 0 Å². The van der Waals surface area contributed by atoms with Crippen LogP contribution < -0.4 is 0 Å². The van der Waals surface area contributed by atoms with E-state index >= 15 is 0 Å². The van der Waals surface area contributed by atoms with Crippen LogP contribution in [0.3, 0.4) is 0 Å². The van der Waals surface area contributed by atoms with E-state index < -0.39 is 0 Å². The third-order valence-corrected chi connectivity index (χ3v) is 2.13. The first-order valence-corrected chi connectivity index (χ1v) is 4.56. The van der Waals surface area contributed by atoms with Gasteiger partial charge >= 0.3 is 0 Å². The first-order chi connectivity index (χ1) is 6.36. The fourth-order valence-electron chi connectivity index (χ4n) is 1.29. The molecule has 1 aromatic rings. The van der Waals surface area contributed by atoms with Gasteiger partial charge < -0.3 is 4.74 Å². The molecule has 1 heteroatoms. The molecule has 0 aliphatic carbocycles. The minimum Gasteiger partial charge on any atom is -0.377 e. The lowest BCUT2D eigenvalue weighted by Crippen LogP contribution is -2.07. The molecule has 70 valence electrons. The van der Waals surface area contributed by atoms with Crippen molar-refractivity contribution in [3.8, 4) is 0 Å². The Morgan fingerprint density at radius 3 is 2.62 bits per heavy atom. The van der Waals surface area contributed by atoms with Crippen molar-refractivity contribution in [1.29, 1.82) is 0 Å². The third-order valence-electron chi connectivity index (χ3n) is 2.13.